The van der Waals surface area contributed by atoms with Gasteiger partial charge in [-0.05, 0) is 19.1 Å². The first-order valence-corrected chi connectivity index (χ1v) is 5.28. The average Bonchev–Trinajstić information content (AvgIpc) is 2.35. The molecule has 0 amide bonds. The summed E-state index contributed by atoms with van der Waals surface area (Å²) in [6, 6.07) is 3.05. The third-order valence-corrected chi connectivity index (χ3v) is 2.04. The highest BCUT2D eigenvalue weighted by Crippen LogP contribution is 2.02. The minimum atomic E-state index is -1.45. The van der Waals surface area contributed by atoms with Crippen molar-refractivity contribution in [2.45, 2.75) is 19.4 Å². The maximum atomic E-state index is 11.6. The number of Topliss-reactive ketones (excluding diaryl/α,β-unsaturated/α-hetero) is 2. The van der Waals surface area contributed by atoms with Gasteiger partial charge in [0.2, 0.25) is 0 Å². The van der Waals surface area contributed by atoms with Crippen LogP contribution in [0.1, 0.15) is 23.7 Å². The van der Waals surface area contributed by atoms with Crippen LogP contribution in [0.5, 0.6) is 0 Å². The Kier molecular flexibility index (Phi) is 5.13. The number of hydrogen-bond acceptors (Lipinski definition) is 6. The smallest absolute Gasteiger partial charge is 0.313 e. The van der Waals surface area contributed by atoms with Gasteiger partial charge in [-0.2, -0.15) is 0 Å². The number of hydrogen-bond donors (Lipinski definition) is 1. The topological polar surface area (TPSA) is 93.6 Å². The van der Waals surface area contributed by atoms with E-state index in [0.717, 1.165) is 0 Å². The van der Waals surface area contributed by atoms with Crippen molar-refractivity contribution >= 4 is 17.5 Å². The Labute approximate surface area is 104 Å². The van der Waals surface area contributed by atoms with Crippen LogP contribution >= 0.6 is 0 Å². The van der Waals surface area contributed by atoms with E-state index in [1.54, 1.807) is 6.07 Å². The van der Waals surface area contributed by atoms with E-state index in [1.165, 1.54) is 25.4 Å². The van der Waals surface area contributed by atoms with Gasteiger partial charge in [-0.25, -0.2) is 0 Å². The van der Waals surface area contributed by atoms with Gasteiger partial charge in [0.1, 0.15) is 18.8 Å². The Morgan fingerprint density at radius 3 is 2.72 bits per heavy atom. The van der Waals surface area contributed by atoms with Gasteiger partial charge in [-0.3, -0.25) is 19.4 Å². The predicted octanol–water partition coefficient (Wildman–Crippen LogP) is 0.147. The predicted molar refractivity (Wildman–Crippen MR) is 60.8 cm³/mol. The Balaban J connectivity index is 2.46. The number of carbonyl (C=O) groups excluding carboxylic acids is 3. The second-order valence-electron chi connectivity index (χ2n) is 3.68. The van der Waals surface area contributed by atoms with Crippen molar-refractivity contribution in [3.63, 3.8) is 0 Å². The molecule has 1 aromatic heterocycles. The van der Waals surface area contributed by atoms with Crippen molar-refractivity contribution in [2.24, 2.45) is 0 Å². The first-order chi connectivity index (χ1) is 8.50. The van der Waals surface area contributed by atoms with Crippen LogP contribution in [0, 0.1) is 0 Å². The zero-order valence-corrected chi connectivity index (χ0v) is 9.83. The van der Waals surface area contributed by atoms with Crippen LogP contribution in [0.4, 0.5) is 0 Å². The van der Waals surface area contributed by atoms with E-state index in [1.807, 2.05) is 0 Å². The number of aromatic nitrogens is 1. The van der Waals surface area contributed by atoms with E-state index in [2.05, 4.69) is 9.72 Å². The highest BCUT2D eigenvalue weighted by molar-refractivity contribution is 5.99. The summed E-state index contributed by atoms with van der Waals surface area (Å²) in [5.41, 5.74) is 0.229. The van der Waals surface area contributed by atoms with Gasteiger partial charge in [0, 0.05) is 18.0 Å². The molecule has 0 fully saturated rings. The molecule has 1 rings (SSSR count). The number of aliphatic hydroxyl groups is 1. The molecule has 18 heavy (non-hydrogen) atoms. The summed E-state index contributed by atoms with van der Waals surface area (Å²) in [6.07, 6.45) is 0.984. The fraction of sp³-hybridized carbons (Fsp3) is 0.333. The maximum absolute atomic E-state index is 11.6. The molecule has 1 heterocycles. The Morgan fingerprint density at radius 1 is 1.44 bits per heavy atom. The molecule has 1 N–H and O–H groups in total. The van der Waals surface area contributed by atoms with E-state index in [9.17, 15) is 19.5 Å². The lowest BCUT2D eigenvalue weighted by molar-refractivity contribution is -0.147. The van der Waals surface area contributed by atoms with Crippen LogP contribution in [0.15, 0.2) is 24.5 Å². The van der Waals surface area contributed by atoms with Gasteiger partial charge >= 0.3 is 5.97 Å². The second kappa shape index (κ2) is 6.61. The van der Waals surface area contributed by atoms with Gasteiger partial charge in [-0.1, -0.05) is 0 Å². The third kappa shape index (κ3) is 4.42. The van der Waals surface area contributed by atoms with Crippen molar-refractivity contribution in [2.75, 3.05) is 6.61 Å². The molecule has 0 aliphatic heterocycles. The summed E-state index contributed by atoms with van der Waals surface area (Å²) in [7, 11) is 0. The van der Waals surface area contributed by atoms with Crippen LogP contribution in [0.3, 0.4) is 0 Å². The number of pyridine rings is 1. The van der Waals surface area contributed by atoms with Crippen LogP contribution in [-0.4, -0.2) is 40.3 Å². The number of ketones is 2. The quantitative estimate of drug-likeness (QED) is 0.439. The zero-order chi connectivity index (χ0) is 13.5. The monoisotopic (exact) mass is 251 g/mol. The summed E-state index contributed by atoms with van der Waals surface area (Å²) >= 11 is 0. The van der Waals surface area contributed by atoms with E-state index in [4.69, 9.17) is 0 Å². The van der Waals surface area contributed by atoms with E-state index < -0.39 is 24.5 Å². The van der Waals surface area contributed by atoms with Gasteiger partial charge in [-0.15, -0.1) is 0 Å². The molecule has 0 saturated heterocycles. The molecular weight excluding hydrogens is 238 g/mol. The number of nitrogens with zero attached hydrogens (tertiary/aromatic N) is 1. The molecule has 0 saturated carbocycles. The molecule has 0 spiro atoms. The molecule has 1 unspecified atom stereocenters. The van der Waals surface area contributed by atoms with Gasteiger partial charge in [0.15, 0.2) is 11.9 Å². The molecule has 1 atom stereocenters. The standard InChI is InChI=1S/C12H13NO5/c1-8(14)5-11(16)18-7-10(15)12(17)9-3-2-4-13-6-9/h2-4,6,10,15H,5,7H2,1H3. The molecule has 6 nitrogen and oxygen atoms in total. The molecule has 96 valence electrons. The van der Waals surface area contributed by atoms with Crippen molar-refractivity contribution < 1.29 is 24.2 Å². The number of ether oxygens (including phenoxy) is 1. The molecule has 6 heteroatoms. The summed E-state index contributed by atoms with van der Waals surface area (Å²) in [5, 5.41) is 9.51. The molecular formula is C12H13NO5. The lowest BCUT2D eigenvalue weighted by Crippen LogP contribution is -2.28. The number of rotatable bonds is 6. The van der Waals surface area contributed by atoms with Gasteiger partial charge < -0.3 is 9.84 Å². The Bertz CT molecular complexity index is 443. The molecule has 1 aromatic rings. The van der Waals surface area contributed by atoms with E-state index >= 15 is 0 Å². The first kappa shape index (κ1) is 14.0. The SMILES string of the molecule is CC(=O)CC(=O)OCC(O)C(=O)c1cccnc1. The third-order valence-electron chi connectivity index (χ3n) is 2.04. The van der Waals surface area contributed by atoms with E-state index in [-0.39, 0.29) is 17.8 Å². The average molecular weight is 251 g/mol. The molecule has 0 radical (unpaired) electrons. The lowest BCUT2D eigenvalue weighted by atomic mass is 10.1. The molecule has 0 bridgehead atoms. The summed E-state index contributed by atoms with van der Waals surface area (Å²) in [4.78, 5) is 37.0. The van der Waals surface area contributed by atoms with Crippen molar-refractivity contribution in [3.8, 4) is 0 Å². The first-order valence-electron chi connectivity index (χ1n) is 5.28. The Hall–Kier alpha value is -2.08. The second-order valence-corrected chi connectivity index (χ2v) is 3.68. The zero-order valence-electron chi connectivity index (χ0n) is 9.83. The van der Waals surface area contributed by atoms with Crippen molar-refractivity contribution in [1.29, 1.82) is 0 Å². The Morgan fingerprint density at radius 2 is 2.17 bits per heavy atom. The van der Waals surface area contributed by atoms with Crippen molar-refractivity contribution in [1.82, 2.24) is 4.98 Å². The summed E-state index contributed by atoms with van der Waals surface area (Å²) < 4.78 is 4.61. The van der Waals surface area contributed by atoms with Crippen molar-refractivity contribution in [3.05, 3.63) is 30.1 Å². The minimum absolute atomic E-state index is 0.229. The normalized spacial score (nSPS) is 11.7. The highest BCUT2D eigenvalue weighted by Gasteiger charge is 2.19. The molecule has 0 aromatic carbocycles. The van der Waals surface area contributed by atoms with Crippen LogP contribution < -0.4 is 0 Å². The van der Waals surface area contributed by atoms with Crippen LogP contribution in [0.2, 0.25) is 0 Å². The number of esters is 1. The fourth-order valence-corrected chi connectivity index (χ4v) is 1.20. The van der Waals surface area contributed by atoms with Crippen LogP contribution in [-0.2, 0) is 14.3 Å². The summed E-state index contributed by atoms with van der Waals surface area (Å²) in [6.45, 7) is 0.776. The lowest BCUT2D eigenvalue weighted by Gasteiger charge is -2.09. The largest absolute Gasteiger partial charge is 0.462 e. The highest BCUT2D eigenvalue weighted by atomic mass is 16.5. The number of carbonyl (C=O) groups is 3. The van der Waals surface area contributed by atoms with Gasteiger partial charge in [0.25, 0.3) is 0 Å². The van der Waals surface area contributed by atoms with Gasteiger partial charge in [0.05, 0.1) is 0 Å². The molecule has 0 aliphatic carbocycles. The van der Waals surface area contributed by atoms with E-state index in [0.29, 0.717) is 0 Å². The van der Waals surface area contributed by atoms with Crippen LogP contribution in [0.25, 0.3) is 0 Å². The minimum Gasteiger partial charge on any atom is -0.462 e. The summed E-state index contributed by atoms with van der Waals surface area (Å²) in [5.74, 6) is -1.69. The number of aliphatic hydroxyl groups excluding tert-OH is 1. The maximum Gasteiger partial charge on any atom is 0.313 e. The molecule has 0 aliphatic rings. The fourth-order valence-electron chi connectivity index (χ4n) is 1.20.